The third kappa shape index (κ3) is 4.16. The van der Waals surface area contributed by atoms with Crippen LogP contribution in [0.1, 0.15) is 70.6 Å². The van der Waals surface area contributed by atoms with Crippen molar-refractivity contribution in [1.29, 1.82) is 0 Å². The molecule has 3 nitrogen and oxygen atoms in total. The van der Waals surface area contributed by atoms with E-state index in [1.807, 2.05) is 0 Å². The number of rotatable bonds is 7. The Morgan fingerprint density at radius 3 is 2.08 bits per heavy atom. The zero-order chi connectivity index (χ0) is 16.4. The summed E-state index contributed by atoms with van der Waals surface area (Å²) in [5.74, 6) is 3.10. The molecule has 138 valence electrons. The lowest BCUT2D eigenvalue weighted by molar-refractivity contribution is -0.0740. The Morgan fingerprint density at radius 2 is 1.50 bits per heavy atom. The van der Waals surface area contributed by atoms with Crippen molar-refractivity contribution in [2.75, 3.05) is 32.8 Å². The van der Waals surface area contributed by atoms with E-state index in [9.17, 15) is 5.11 Å². The van der Waals surface area contributed by atoms with Gasteiger partial charge >= 0.3 is 0 Å². The number of aliphatic hydroxyl groups is 1. The quantitative estimate of drug-likeness (QED) is 0.717. The number of hydrogen-bond acceptors (Lipinski definition) is 3. The van der Waals surface area contributed by atoms with E-state index in [0.717, 1.165) is 44.0 Å². The molecule has 1 N–H and O–H groups in total. The van der Waals surface area contributed by atoms with Gasteiger partial charge in [0, 0.05) is 13.2 Å². The van der Waals surface area contributed by atoms with Gasteiger partial charge in [0.2, 0.25) is 0 Å². The van der Waals surface area contributed by atoms with Crippen molar-refractivity contribution >= 4 is 0 Å². The summed E-state index contributed by atoms with van der Waals surface area (Å²) in [5.41, 5.74) is 0.616. The first-order chi connectivity index (χ1) is 11.7. The first-order valence-corrected chi connectivity index (χ1v) is 10.7. The van der Waals surface area contributed by atoms with E-state index in [1.54, 1.807) is 0 Å². The average molecular weight is 336 g/mol. The van der Waals surface area contributed by atoms with Crippen LogP contribution in [-0.4, -0.2) is 49.0 Å². The maximum Gasteiger partial charge on any atom is 0.0900 e. The molecule has 3 heteroatoms. The summed E-state index contributed by atoms with van der Waals surface area (Å²) in [6, 6.07) is 0. The Kier molecular flexibility index (Phi) is 5.50. The van der Waals surface area contributed by atoms with Gasteiger partial charge in [0.1, 0.15) is 0 Å². The number of β-amino-alcohol motifs (C(OH)–C–C–N with tert-alkyl or cyclic N) is 1. The van der Waals surface area contributed by atoms with E-state index < -0.39 is 0 Å². The fraction of sp³-hybridized carbons (Fsp3) is 1.00. The fourth-order valence-corrected chi connectivity index (χ4v) is 6.77. The minimum absolute atomic E-state index is 0.306. The van der Waals surface area contributed by atoms with Crippen molar-refractivity contribution < 1.29 is 9.84 Å². The molecular weight excluding hydrogens is 298 g/mol. The number of likely N-dealkylation sites (tertiary alicyclic amines) is 1. The van der Waals surface area contributed by atoms with Crippen LogP contribution < -0.4 is 0 Å². The fourth-order valence-electron chi connectivity index (χ4n) is 6.77. The lowest BCUT2D eigenvalue weighted by atomic mass is 9.49. The van der Waals surface area contributed by atoms with Crippen LogP contribution in [0.2, 0.25) is 0 Å². The summed E-state index contributed by atoms with van der Waals surface area (Å²) in [6.45, 7) is 4.51. The van der Waals surface area contributed by atoms with Crippen LogP contribution in [0.25, 0.3) is 0 Å². The van der Waals surface area contributed by atoms with Gasteiger partial charge in [0.15, 0.2) is 0 Å². The zero-order valence-electron chi connectivity index (χ0n) is 15.4. The minimum atomic E-state index is -0.306. The molecule has 5 aliphatic rings. The molecule has 0 radical (unpaired) electrons. The molecule has 4 aliphatic carbocycles. The summed E-state index contributed by atoms with van der Waals surface area (Å²) in [4.78, 5) is 2.43. The third-order valence-electron chi connectivity index (χ3n) is 7.42. The van der Waals surface area contributed by atoms with Crippen LogP contribution >= 0.6 is 0 Å². The van der Waals surface area contributed by atoms with Gasteiger partial charge in [-0.05, 0) is 94.0 Å². The van der Waals surface area contributed by atoms with Crippen molar-refractivity contribution in [3.63, 3.8) is 0 Å². The van der Waals surface area contributed by atoms with E-state index in [4.69, 9.17) is 4.74 Å². The first-order valence-electron chi connectivity index (χ1n) is 10.7. The van der Waals surface area contributed by atoms with Crippen LogP contribution in [0, 0.1) is 23.2 Å². The monoisotopic (exact) mass is 335 g/mol. The van der Waals surface area contributed by atoms with E-state index in [0.29, 0.717) is 12.0 Å². The molecule has 24 heavy (non-hydrogen) atoms. The molecule has 0 spiro atoms. The maximum atomic E-state index is 10.3. The summed E-state index contributed by atoms with van der Waals surface area (Å²) >= 11 is 0. The summed E-state index contributed by atoms with van der Waals surface area (Å²) in [5, 5.41) is 10.3. The standard InChI is InChI=1S/C21H37NO2/c23-20(15-22-6-3-1-2-4-7-22)16-24-8-5-21-12-17-9-18(13-21)11-19(10-17)14-21/h17-20,23H,1-16H2. The molecule has 4 saturated carbocycles. The van der Waals surface area contributed by atoms with Gasteiger partial charge in [0.25, 0.3) is 0 Å². The molecule has 0 aromatic rings. The molecule has 1 aliphatic heterocycles. The van der Waals surface area contributed by atoms with Gasteiger partial charge in [-0.2, -0.15) is 0 Å². The van der Waals surface area contributed by atoms with Crippen molar-refractivity contribution in [3.8, 4) is 0 Å². The van der Waals surface area contributed by atoms with Gasteiger partial charge in [-0.15, -0.1) is 0 Å². The highest BCUT2D eigenvalue weighted by molar-refractivity contribution is 5.01. The smallest absolute Gasteiger partial charge is 0.0900 e. The van der Waals surface area contributed by atoms with E-state index in [-0.39, 0.29) is 6.10 Å². The highest BCUT2D eigenvalue weighted by Crippen LogP contribution is 2.61. The second-order valence-electron chi connectivity index (χ2n) is 9.61. The second-order valence-corrected chi connectivity index (χ2v) is 9.61. The van der Waals surface area contributed by atoms with Gasteiger partial charge in [-0.3, -0.25) is 0 Å². The minimum Gasteiger partial charge on any atom is -0.389 e. The molecule has 1 unspecified atom stereocenters. The molecule has 1 atom stereocenters. The predicted molar refractivity (Wildman–Crippen MR) is 97.0 cm³/mol. The van der Waals surface area contributed by atoms with Gasteiger partial charge < -0.3 is 14.7 Å². The van der Waals surface area contributed by atoms with Crippen LogP contribution in [0.5, 0.6) is 0 Å². The molecule has 4 bridgehead atoms. The molecule has 1 heterocycles. The average Bonchev–Trinajstić information content (AvgIpc) is 2.79. The SMILES string of the molecule is OC(COCCC12CC3CC(CC(C3)C1)C2)CN1CCCCCC1. The molecular formula is C21H37NO2. The molecule has 0 aromatic heterocycles. The van der Waals surface area contributed by atoms with E-state index >= 15 is 0 Å². The van der Waals surface area contributed by atoms with Gasteiger partial charge in [-0.1, -0.05) is 12.8 Å². The van der Waals surface area contributed by atoms with Gasteiger partial charge in [-0.25, -0.2) is 0 Å². The largest absolute Gasteiger partial charge is 0.389 e. The Morgan fingerprint density at radius 1 is 0.917 bits per heavy atom. The van der Waals surface area contributed by atoms with E-state index in [1.165, 1.54) is 70.6 Å². The highest BCUT2D eigenvalue weighted by atomic mass is 16.5. The predicted octanol–water partition coefficient (Wildman–Crippen LogP) is 3.85. The third-order valence-corrected chi connectivity index (χ3v) is 7.42. The van der Waals surface area contributed by atoms with Crippen molar-refractivity contribution in [3.05, 3.63) is 0 Å². The number of ether oxygens (including phenoxy) is 1. The first kappa shape index (κ1) is 17.3. The second kappa shape index (κ2) is 7.63. The summed E-state index contributed by atoms with van der Waals surface area (Å²) < 4.78 is 5.93. The number of aliphatic hydroxyl groups excluding tert-OH is 1. The highest BCUT2D eigenvalue weighted by Gasteiger charge is 2.50. The van der Waals surface area contributed by atoms with Crippen molar-refractivity contribution in [2.45, 2.75) is 76.7 Å². The van der Waals surface area contributed by atoms with Crippen molar-refractivity contribution in [1.82, 2.24) is 4.90 Å². The number of hydrogen-bond donors (Lipinski definition) is 1. The molecule has 5 rings (SSSR count). The number of nitrogens with zero attached hydrogens (tertiary/aromatic N) is 1. The van der Waals surface area contributed by atoms with Crippen LogP contribution in [0.15, 0.2) is 0 Å². The Bertz CT molecular complexity index is 367. The molecule has 0 aromatic carbocycles. The molecule has 1 saturated heterocycles. The summed E-state index contributed by atoms with van der Waals surface area (Å²) in [6.07, 6.45) is 15.2. The zero-order valence-corrected chi connectivity index (χ0v) is 15.4. The molecule has 5 fully saturated rings. The van der Waals surface area contributed by atoms with Crippen LogP contribution in [-0.2, 0) is 4.74 Å². The van der Waals surface area contributed by atoms with Gasteiger partial charge in [0.05, 0.1) is 12.7 Å². The Balaban J connectivity index is 1.15. The normalized spacial score (nSPS) is 40.6. The topological polar surface area (TPSA) is 32.7 Å². The van der Waals surface area contributed by atoms with Crippen LogP contribution in [0.3, 0.4) is 0 Å². The maximum absolute atomic E-state index is 10.3. The lowest BCUT2D eigenvalue weighted by Gasteiger charge is -2.57. The Labute approximate surface area is 148 Å². The summed E-state index contributed by atoms with van der Waals surface area (Å²) in [7, 11) is 0. The van der Waals surface area contributed by atoms with Crippen LogP contribution in [0.4, 0.5) is 0 Å². The Hall–Kier alpha value is -0.120. The van der Waals surface area contributed by atoms with E-state index in [2.05, 4.69) is 4.90 Å². The van der Waals surface area contributed by atoms with Crippen molar-refractivity contribution in [2.24, 2.45) is 23.2 Å². The molecule has 0 amide bonds. The lowest BCUT2D eigenvalue weighted by Crippen LogP contribution is -2.46.